The van der Waals surface area contributed by atoms with Crippen LogP contribution in [-0.4, -0.2) is 26.5 Å². The van der Waals surface area contributed by atoms with E-state index in [2.05, 4.69) is 39.1 Å². The van der Waals surface area contributed by atoms with Crippen LogP contribution in [0.4, 0.5) is 5.82 Å². The summed E-state index contributed by atoms with van der Waals surface area (Å²) < 4.78 is 0. The number of hydrogen-bond donors (Lipinski definition) is 1. The molecule has 20 heavy (non-hydrogen) atoms. The van der Waals surface area contributed by atoms with Crippen molar-refractivity contribution in [1.82, 2.24) is 19.9 Å². The van der Waals surface area contributed by atoms with Crippen molar-refractivity contribution >= 4 is 17.6 Å². The molecule has 0 bridgehead atoms. The Balaban J connectivity index is 2.32. The molecular weight excluding hydrogens is 270 g/mol. The van der Waals surface area contributed by atoms with Gasteiger partial charge in [-0.25, -0.2) is 19.9 Å². The van der Waals surface area contributed by atoms with Crippen LogP contribution >= 0.6 is 11.8 Å². The van der Waals surface area contributed by atoms with E-state index in [0.29, 0.717) is 0 Å². The van der Waals surface area contributed by atoms with Crippen LogP contribution in [0.15, 0.2) is 28.8 Å². The highest BCUT2D eigenvalue weighted by molar-refractivity contribution is 7.99. The summed E-state index contributed by atoms with van der Waals surface area (Å²) in [5.41, 5.74) is 2.10. The topological polar surface area (TPSA) is 63.6 Å². The fourth-order valence-electron chi connectivity index (χ4n) is 1.84. The molecule has 0 aliphatic heterocycles. The minimum atomic E-state index is 0.725. The molecule has 5 nitrogen and oxygen atoms in total. The number of hydrogen-bond acceptors (Lipinski definition) is 6. The van der Waals surface area contributed by atoms with Crippen LogP contribution in [0.3, 0.4) is 0 Å². The summed E-state index contributed by atoms with van der Waals surface area (Å²) in [7, 11) is 0. The Hall–Kier alpha value is -1.69. The average Bonchev–Trinajstić information content (AvgIpc) is 2.43. The fourth-order valence-corrected chi connectivity index (χ4v) is 2.74. The van der Waals surface area contributed by atoms with Gasteiger partial charge in [-0.05, 0) is 38.1 Å². The van der Waals surface area contributed by atoms with Gasteiger partial charge in [0.15, 0.2) is 5.16 Å². The molecule has 0 aromatic carbocycles. The zero-order valence-corrected chi connectivity index (χ0v) is 12.9. The van der Waals surface area contributed by atoms with Crippen molar-refractivity contribution in [3.8, 4) is 0 Å². The molecule has 6 heteroatoms. The molecule has 2 heterocycles. The zero-order valence-electron chi connectivity index (χ0n) is 12.1. The zero-order chi connectivity index (χ0) is 14.4. The predicted molar refractivity (Wildman–Crippen MR) is 81.1 cm³/mol. The third-order valence-electron chi connectivity index (χ3n) is 2.71. The van der Waals surface area contributed by atoms with E-state index in [0.717, 1.165) is 46.6 Å². The molecule has 0 unspecified atom stereocenters. The van der Waals surface area contributed by atoms with E-state index in [9.17, 15) is 0 Å². The lowest BCUT2D eigenvalue weighted by molar-refractivity contribution is 0.850. The van der Waals surface area contributed by atoms with Gasteiger partial charge in [-0.3, -0.25) is 0 Å². The van der Waals surface area contributed by atoms with Crippen molar-refractivity contribution in [3.63, 3.8) is 0 Å². The van der Waals surface area contributed by atoms with Crippen LogP contribution in [0.5, 0.6) is 0 Å². The Morgan fingerprint density at radius 3 is 2.75 bits per heavy atom. The summed E-state index contributed by atoms with van der Waals surface area (Å²) in [6.07, 6.45) is 5.36. The summed E-state index contributed by atoms with van der Waals surface area (Å²) in [5.74, 6) is 0.916. The molecule has 0 aliphatic rings. The van der Waals surface area contributed by atoms with E-state index in [1.807, 2.05) is 13.0 Å². The molecule has 0 spiro atoms. The fraction of sp³-hybridized carbons (Fsp3) is 0.429. The number of aryl methyl sites for hydroxylation is 1. The standard InChI is InChI=1S/C14H19N5S/c1-4-6-11-12(15-5-2)17-9-18-13(11)20-14-16-8-7-10(3)19-14/h7-9H,4-6H2,1-3H3,(H,15,17,18). The van der Waals surface area contributed by atoms with Gasteiger partial charge in [0.05, 0.1) is 0 Å². The van der Waals surface area contributed by atoms with Crippen molar-refractivity contribution in [2.75, 3.05) is 11.9 Å². The van der Waals surface area contributed by atoms with E-state index in [1.54, 1.807) is 12.5 Å². The van der Waals surface area contributed by atoms with Crippen molar-refractivity contribution in [1.29, 1.82) is 0 Å². The monoisotopic (exact) mass is 289 g/mol. The summed E-state index contributed by atoms with van der Waals surface area (Å²) in [4.78, 5) is 17.4. The lowest BCUT2D eigenvalue weighted by atomic mass is 10.2. The summed E-state index contributed by atoms with van der Waals surface area (Å²) in [6, 6.07) is 1.89. The molecule has 0 atom stereocenters. The Morgan fingerprint density at radius 2 is 2.05 bits per heavy atom. The molecule has 0 saturated heterocycles. The maximum absolute atomic E-state index is 4.42. The average molecular weight is 289 g/mol. The van der Waals surface area contributed by atoms with Crippen molar-refractivity contribution < 1.29 is 0 Å². The second-order valence-corrected chi connectivity index (χ2v) is 5.32. The molecule has 0 radical (unpaired) electrons. The summed E-state index contributed by atoms with van der Waals surface area (Å²) >= 11 is 1.50. The van der Waals surface area contributed by atoms with E-state index in [4.69, 9.17) is 0 Å². The maximum Gasteiger partial charge on any atom is 0.194 e. The largest absolute Gasteiger partial charge is 0.370 e. The SMILES string of the molecule is CCCc1c(NCC)ncnc1Sc1nccc(C)n1. The Labute approximate surface area is 123 Å². The maximum atomic E-state index is 4.42. The molecule has 2 aromatic rings. The number of aromatic nitrogens is 4. The van der Waals surface area contributed by atoms with Gasteiger partial charge in [0.1, 0.15) is 17.2 Å². The van der Waals surface area contributed by atoms with E-state index in [-0.39, 0.29) is 0 Å². The summed E-state index contributed by atoms with van der Waals surface area (Å²) in [6.45, 7) is 7.02. The Morgan fingerprint density at radius 1 is 1.20 bits per heavy atom. The van der Waals surface area contributed by atoms with Gasteiger partial charge in [-0.15, -0.1) is 0 Å². The molecular formula is C14H19N5S. The third-order valence-corrected chi connectivity index (χ3v) is 3.64. The lowest BCUT2D eigenvalue weighted by Crippen LogP contribution is -2.06. The van der Waals surface area contributed by atoms with Crippen LogP contribution in [0, 0.1) is 6.92 Å². The molecule has 0 saturated carbocycles. The second-order valence-electron chi connectivity index (χ2n) is 4.37. The number of rotatable bonds is 6. The van der Waals surface area contributed by atoms with Gasteiger partial charge in [0.25, 0.3) is 0 Å². The van der Waals surface area contributed by atoms with Crippen molar-refractivity contribution in [3.05, 3.63) is 29.8 Å². The second kappa shape index (κ2) is 7.19. The van der Waals surface area contributed by atoms with Gasteiger partial charge < -0.3 is 5.32 Å². The van der Waals surface area contributed by atoms with E-state index < -0.39 is 0 Å². The third kappa shape index (κ3) is 3.66. The van der Waals surface area contributed by atoms with E-state index >= 15 is 0 Å². The quantitative estimate of drug-likeness (QED) is 0.651. The van der Waals surface area contributed by atoms with Crippen LogP contribution in [0.2, 0.25) is 0 Å². The molecule has 106 valence electrons. The first-order valence-electron chi connectivity index (χ1n) is 6.79. The first kappa shape index (κ1) is 14.7. The molecule has 1 N–H and O–H groups in total. The highest BCUT2D eigenvalue weighted by Gasteiger charge is 2.12. The minimum Gasteiger partial charge on any atom is -0.370 e. The highest BCUT2D eigenvalue weighted by atomic mass is 32.2. The Bertz CT molecular complexity index is 573. The van der Waals surface area contributed by atoms with Gasteiger partial charge in [0.2, 0.25) is 0 Å². The minimum absolute atomic E-state index is 0.725. The number of nitrogens with one attached hydrogen (secondary N) is 1. The van der Waals surface area contributed by atoms with Gasteiger partial charge >= 0.3 is 0 Å². The highest BCUT2D eigenvalue weighted by Crippen LogP contribution is 2.29. The normalized spacial score (nSPS) is 10.6. The van der Waals surface area contributed by atoms with Crippen molar-refractivity contribution in [2.24, 2.45) is 0 Å². The molecule has 0 amide bonds. The lowest BCUT2D eigenvalue weighted by Gasteiger charge is -2.12. The molecule has 0 aliphatic carbocycles. The van der Waals surface area contributed by atoms with Crippen LogP contribution in [0.1, 0.15) is 31.5 Å². The summed E-state index contributed by atoms with van der Waals surface area (Å²) in [5, 5.41) is 4.95. The number of nitrogens with zero attached hydrogens (tertiary/aromatic N) is 4. The first-order valence-corrected chi connectivity index (χ1v) is 7.61. The van der Waals surface area contributed by atoms with Crippen LogP contribution in [-0.2, 0) is 6.42 Å². The molecule has 2 rings (SSSR count). The van der Waals surface area contributed by atoms with Crippen LogP contribution in [0.25, 0.3) is 0 Å². The van der Waals surface area contributed by atoms with Crippen molar-refractivity contribution in [2.45, 2.75) is 43.8 Å². The molecule has 2 aromatic heterocycles. The molecule has 0 fully saturated rings. The predicted octanol–water partition coefficient (Wildman–Crippen LogP) is 3.11. The number of anilines is 1. The smallest absolute Gasteiger partial charge is 0.194 e. The van der Waals surface area contributed by atoms with Crippen LogP contribution < -0.4 is 5.32 Å². The van der Waals surface area contributed by atoms with E-state index in [1.165, 1.54) is 11.8 Å². The van der Waals surface area contributed by atoms with Gasteiger partial charge in [-0.2, -0.15) is 0 Å². The van der Waals surface area contributed by atoms with Gasteiger partial charge in [0, 0.05) is 24.0 Å². The first-order chi connectivity index (χ1) is 9.74. The Kier molecular flexibility index (Phi) is 5.29. The van der Waals surface area contributed by atoms with Gasteiger partial charge in [-0.1, -0.05) is 13.3 Å².